The van der Waals surface area contributed by atoms with Gasteiger partial charge in [-0.2, -0.15) is 0 Å². The van der Waals surface area contributed by atoms with E-state index in [1.807, 2.05) is 0 Å². The summed E-state index contributed by atoms with van der Waals surface area (Å²) in [5.41, 5.74) is 4.60. The van der Waals surface area contributed by atoms with Crippen molar-refractivity contribution in [2.24, 2.45) is 5.41 Å². The summed E-state index contributed by atoms with van der Waals surface area (Å²) in [4.78, 5) is 21.0. The fourth-order valence-corrected chi connectivity index (χ4v) is 5.39. The van der Waals surface area contributed by atoms with Crippen LogP contribution in [-0.4, -0.2) is 47.7 Å². The van der Waals surface area contributed by atoms with Crippen LogP contribution >= 0.6 is 0 Å². The molecule has 4 heterocycles. The molecule has 1 aromatic heterocycles. The third kappa shape index (κ3) is 1.96. The van der Waals surface area contributed by atoms with E-state index in [0.29, 0.717) is 6.04 Å². The maximum atomic E-state index is 13.2. The number of hydrogen-bond donors (Lipinski definition) is 0. The van der Waals surface area contributed by atoms with Crippen LogP contribution in [0.15, 0.2) is 30.3 Å². The van der Waals surface area contributed by atoms with E-state index in [-0.39, 0.29) is 11.3 Å². The molecule has 2 aromatic rings. The normalized spacial score (nSPS) is 27.2. The first-order chi connectivity index (χ1) is 12.5. The maximum absolute atomic E-state index is 13.2. The van der Waals surface area contributed by atoms with Crippen molar-refractivity contribution in [2.75, 3.05) is 27.2 Å². The molecule has 0 N–H and O–H groups in total. The van der Waals surface area contributed by atoms with Crippen molar-refractivity contribution in [3.05, 3.63) is 41.6 Å². The van der Waals surface area contributed by atoms with Crippen molar-refractivity contribution in [3.8, 4) is 0 Å². The zero-order valence-corrected chi connectivity index (χ0v) is 15.7. The molecule has 1 aromatic carbocycles. The summed E-state index contributed by atoms with van der Waals surface area (Å²) in [5, 5.41) is 2.62. The van der Waals surface area contributed by atoms with Crippen molar-refractivity contribution >= 4 is 22.5 Å². The molecule has 1 fully saturated rings. The summed E-state index contributed by atoms with van der Waals surface area (Å²) >= 11 is 0. The van der Waals surface area contributed by atoms with Crippen LogP contribution in [-0.2, 0) is 16.1 Å². The number of aromatic nitrogens is 1. The molecule has 0 radical (unpaired) electrons. The molecule has 1 saturated heterocycles. The fourth-order valence-electron chi connectivity index (χ4n) is 5.39. The van der Waals surface area contributed by atoms with Gasteiger partial charge < -0.3 is 4.57 Å². The van der Waals surface area contributed by atoms with Crippen LogP contribution in [0, 0.1) is 5.41 Å². The highest BCUT2D eigenvalue weighted by molar-refractivity contribution is 6.16. The number of likely N-dealkylation sites (N-methyl/N-ethyl adjacent to an activating group) is 1. The number of carbonyl (C=O) groups is 1. The number of fused-ring (bicyclic) bond motifs is 3. The Morgan fingerprint density at radius 1 is 1.31 bits per heavy atom. The molecule has 0 aliphatic carbocycles. The number of para-hydroxylation sites is 1. The number of carbonyl (C=O) groups excluding carboxylic acids is 1. The molecule has 2 atom stereocenters. The molecule has 5 nitrogen and oxygen atoms in total. The van der Waals surface area contributed by atoms with Crippen molar-refractivity contribution in [2.45, 2.75) is 32.2 Å². The van der Waals surface area contributed by atoms with Crippen LogP contribution in [0.25, 0.3) is 16.6 Å². The van der Waals surface area contributed by atoms with Gasteiger partial charge in [-0.1, -0.05) is 25.1 Å². The van der Waals surface area contributed by atoms with E-state index >= 15 is 0 Å². The average Bonchev–Trinajstić information content (AvgIpc) is 3.00. The average molecular weight is 351 g/mol. The summed E-state index contributed by atoms with van der Waals surface area (Å²) in [7, 11) is 3.22. The Bertz CT molecular complexity index is 944. The lowest BCUT2D eigenvalue weighted by Crippen LogP contribution is -2.50. The zero-order chi connectivity index (χ0) is 18.1. The quantitative estimate of drug-likeness (QED) is 0.780. The van der Waals surface area contributed by atoms with Gasteiger partial charge in [-0.3, -0.25) is 14.5 Å². The first-order valence-electron chi connectivity index (χ1n) is 9.47. The monoisotopic (exact) mass is 351 g/mol. The highest BCUT2D eigenvalue weighted by Crippen LogP contribution is 2.55. The van der Waals surface area contributed by atoms with Crippen LogP contribution in [0.3, 0.4) is 0 Å². The van der Waals surface area contributed by atoms with E-state index in [1.54, 1.807) is 7.05 Å². The van der Waals surface area contributed by atoms with Gasteiger partial charge >= 0.3 is 0 Å². The van der Waals surface area contributed by atoms with E-state index in [2.05, 4.69) is 46.7 Å². The Hall–Kier alpha value is -2.11. The number of rotatable bonds is 2. The lowest BCUT2D eigenvalue weighted by atomic mass is 9.69. The summed E-state index contributed by atoms with van der Waals surface area (Å²) in [6, 6.07) is 8.86. The molecular weight excluding hydrogens is 326 g/mol. The molecule has 26 heavy (non-hydrogen) atoms. The van der Waals surface area contributed by atoms with Crippen molar-refractivity contribution < 1.29 is 9.63 Å². The Kier molecular flexibility index (Phi) is 3.37. The molecule has 5 heteroatoms. The second-order valence-corrected chi connectivity index (χ2v) is 8.03. The molecular formula is C21H25N3O2. The highest BCUT2D eigenvalue weighted by Gasteiger charge is 2.49. The summed E-state index contributed by atoms with van der Waals surface area (Å²) in [5.74, 6) is -0.0848. The third-order valence-electron chi connectivity index (χ3n) is 6.57. The highest BCUT2D eigenvalue weighted by atomic mass is 16.7. The molecule has 0 spiro atoms. The predicted molar refractivity (Wildman–Crippen MR) is 101 cm³/mol. The fraction of sp³-hybridized carbons (Fsp3) is 0.476. The number of piperidine rings is 1. The first kappa shape index (κ1) is 16.1. The first-order valence-corrected chi connectivity index (χ1v) is 9.47. The summed E-state index contributed by atoms with van der Waals surface area (Å²) in [6.45, 7) is 4.58. The van der Waals surface area contributed by atoms with Gasteiger partial charge in [0.25, 0.3) is 5.91 Å². The molecule has 1 amide bonds. The van der Waals surface area contributed by atoms with Crippen LogP contribution in [0.5, 0.6) is 0 Å². The van der Waals surface area contributed by atoms with Crippen LogP contribution in [0.1, 0.15) is 37.1 Å². The lowest BCUT2D eigenvalue weighted by molar-refractivity contribution is -0.162. The molecule has 0 bridgehead atoms. The number of hydroxylamine groups is 2. The van der Waals surface area contributed by atoms with Gasteiger partial charge in [0.2, 0.25) is 0 Å². The van der Waals surface area contributed by atoms with Gasteiger partial charge in [-0.05, 0) is 43.5 Å². The summed E-state index contributed by atoms with van der Waals surface area (Å²) in [6.07, 6.45) is 5.57. The van der Waals surface area contributed by atoms with Crippen molar-refractivity contribution in [1.29, 1.82) is 0 Å². The topological polar surface area (TPSA) is 37.7 Å². The van der Waals surface area contributed by atoms with Gasteiger partial charge in [0.05, 0.1) is 18.7 Å². The van der Waals surface area contributed by atoms with E-state index in [4.69, 9.17) is 4.84 Å². The molecule has 3 aliphatic rings. The van der Waals surface area contributed by atoms with Gasteiger partial charge in [0, 0.05) is 30.1 Å². The number of amides is 1. The Morgan fingerprint density at radius 3 is 2.92 bits per heavy atom. The standard InChI is InChI=1S/C21H25N3O2/c1-21-10-6-11-23-12-9-15-14-7-4-5-8-16(14)24(18(15)19(21)23)17(13-21)20(25)22(2)26-3/h4-5,7-8,13,19H,6,9-12H2,1-3H3/t19-,21+/m1/s1. The molecule has 136 valence electrons. The minimum absolute atomic E-state index is 0.0165. The molecule has 0 saturated carbocycles. The van der Waals surface area contributed by atoms with Crippen LogP contribution < -0.4 is 0 Å². The van der Waals surface area contributed by atoms with Crippen molar-refractivity contribution in [1.82, 2.24) is 14.5 Å². The molecule has 5 rings (SSSR count). The Labute approximate surface area is 153 Å². The summed E-state index contributed by atoms with van der Waals surface area (Å²) < 4.78 is 2.21. The van der Waals surface area contributed by atoms with Crippen LogP contribution in [0.4, 0.5) is 0 Å². The molecule has 0 unspecified atom stereocenters. The Morgan fingerprint density at radius 2 is 2.12 bits per heavy atom. The zero-order valence-electron chi connectivity index (χ0n) is 15.7. The smallest absolute Gasteiger partial charge is 0.293 e. The predicted octanol–water partition coefficient (Wildman–Crippen LogP) is 3.21. The van der Waals surface area contributed by atoms with E-state index < -0.39 is 0 Å². The third-order valence-corrected chi connectivity index (χ3v) is 6.57. The second-order valence-electron chi connectivity index (χ2n) is 8.03. The lowest BCUT2D eigenvalue weighted by Gasteiger charge is -2.52. The van der Waals surface area contributed by atoms with E-state index in [1.165, 1.54) is 35.2 Å². The number of hydrogen-bond acceptors (Lipinski definition) is 3. The SMILES string of the molecule is CON(C)C(=O)C1=C[C@]2(C)CCCN3CCc4c(n1c1ccccc41)[C@@H]32. The minimum atomic E-state index is -0.0848. The van der Waals surface area contributed by atoms with Gasteiger partial charge in [-0.15, -0.1) is 0 Å². The Balaban J connectivity index is 1.84. The minimum Gasteiger partial charge on any atom is -0.307 e. The maximum Gasteiger partial charge on any atom is 0.293 e. The van der Waals surface area contributed by atoms with Gasteiger partial charge in [0.15, 0.2) is 0 Å². The van der Waals surface area contributed by atoms with Crippen LogP contribution in [0.2, 0.25) is 0 Å². The second kappa shape index (κ2) is 5.44. The molecule has 3 aliphatic heterocycles. The van der Waals surface area contributed by atoms with E-state index in [0.717, 1.165) is 37.1 Å². The van der Waals surface area contributed by atoms with Gasteiger partial charge in [0.1, 0.15) is 5.70 Å². The number of nitrogens with zero attached hydrogens (tertiary/aromatic N) is 3. The van der Waals surface area contributed by atoms with E-state index in [9.17, 15) is 4.79 Å². The largest absolute Gasteiger partial charge is 0.307 e. The van der Waals surface area contributed by atoms with Gasteiger partial charge in [-0.25, -0.2) is 5.06 Å². The number of benzene rings is 1. The van der Waals surface area contributed by atoms with Crippen molar-refractivity contribution in [3.63, 3.8) is 0 Å².